The highest BCUT2D eigenvalue weighted by molar-refractivity contribution is 5.73. The summed E-state index contributed by atoms with van der Waals surface area (Å²) in [5, 5.41) is 0. The molecule has 0 bridgehead atoms. The number of anilines is 1. The van der Waals surface area contributed by atoms with Crippen molar-refractivity contribution in [3.8, 4) is 0 Å². The standard InChI is InChI=1S/C13H9F4N5/c14-8-4-2-1-3-7(8)6-22-10-9(20-12(22)18)5-19-11(21-10)13(15,16)17/h1-5H,6H2,(H2,18,20). The van der Waals surface area contributed by atoms with Crippen LogP contribution in [-0.4, -0.2) is 19.5 Å². The van der Waals surface area contributed by atoms with Gasteiger partial charge in [0.25, 0.3) is 0 Å². The van der Waals surface area contributed by atoms with Crippen molar-refractivity contribution < 1.29 is 17.6 Å². The molecule has 0 spiro atoms. The first kappa shape index (κ1) is 14.2. The Balaban J connectivity index is 2.12. The number of nitrogens with zero attached hydrogens (tertiary/aromatic N) is 4. The molecule has 3 rings (SSSR count). The molecule has 114 valence electrons. The van der Waals surface area contributed by atoms with Gasteiger partial charge in [0.2, 0.25) is 11.8 Å². The van der Waals surface area contributed by atoms with Crippen LogP contribution in [0, 0.1) is 5.82 Å². The molecular formula is C13H9F4N5. The van der Waals surface area contributed by atoms with Crippen molar-refractivity contribution in [2.24, 2.45) is 0 Å². The summed E-state index contributed by atoms with van der Waals surface area (Å²) in [4.78, 5) is 10.6. The van der Waals surface area contributed by atoms with Gasteiger partial charge >= 0.3 is 6.18 Å². The number of aromatic nitrogens is 4. The lowest BCUT2D eigenvalue weighted by Gasteiger charge is -2.08. The SMILES string of the molecule is Nc1nc2cnc(C(F)(F)F)nc2n1Cc1ccccc1F. The molecule has 2 aromatic heterocycles. The van der Waals surface area contributed by atoms with Gasteiger partial charge in [-0.2, -0.15) is 13.2 Å². The number of benzene rings is 1. The normalized spacial score (nSPS) is 12.0. The highest BCUT2D eigenvalue weighted by Crippen LogP contribution is 2.27. The van der Waals surface area contributed by atoms with Crippen LogP contribution in [-0.2, 0) is 12.7 Å². The molecule has 0 atom stereocenters. The number of hydrogen-bond donors (Lipinski definition) is 1. The van der Waals surface area contributed by atoms with E-state index < -0.39 is 17.8 Å². The first-order valence-corrected chi connectivity index (χ1v) is 6.15. The van der Waals surface area contributed by atoms with Crippen molar-refractivity contribution >= 4 is 17.1 Å². The highest BCUT2D eigenvalue weighted by Gasteiger charge is 2.35. The van der Waals surface area contributed by atoms with Crippen LogP contribution < -0.4 is 5.73 Å². The summed E-state index contributed by atoms with van der Waals surface area (Å²) in [6.45, 7) is -0.0800. The lowest BCUT2D eigenvalue weighted by molar-refractivity contribution is -0.144. The van der Waals surface area contributed by atoms with Gasteiger partial charge in [0.15, 0.2) is 5.65 Å². The van der Waals surface area contributed by atoms with Crippen LogP contribution in [0.15, 0.2) is 30.5 Å². The third-order valence-corrected chi connectivity index (χ3v) is 3.06. The van der Waals surface area contributed by atoms with E-state index in [4.69, 9.17) is 5.73 Å². The second kappa shape index (κ2) is 4.93. The average molecular weight is 311 g/mol. The van der Waals surface area contributed by atoms with E-state index in [0.717, 1.165) is 6.20 Å². The summed E-state index contributed by atoms with van der Waals surface area (Å²) < 4.78 is 53.0. The molecule has 9 heteroatoms. The maximum Gasteiger partial charge on any atom is 0.451 e. The summed E-state index contributed by atoms with van der Waals surface area (Å²) in [5.74, 6) is -1.85. The first-order valence-electron chi connectivity index (χ1n) is 6.15. The number of nitrogens with two attached hydrogens (primary N) is 1. The molecule has 0 aliphatic rings. The van der Waals surface area contributed by atoms with Crippen LogP contribution in [0.2, 0.25) is 0 Å². The summed E-state index contributed by atoms with van der Waals surface area (Å²) in [6.07, 6.45) is -3.74. The Bertz CT molecular complexity index is 840. The Morgan fingerprint density at radius 3 is 2.55 bits per heavy atom. The minimum atomic E-state index is -4.68. The topological polar surface area (TPSA) is 69.6 Å². The van der Waals surface area contributed by atoms with Crippen LogP contribution >= 0.6 is 0 Å². The second-order valence-electron chi connectivity index (χ2n) is 4.55. The molecule has 2 N–H and O–H groups in total. The molecule has 2 heterocycles. The molecule has 0 saturated carbocycles. The Kier molecular flexibility index (Phi) is 3.19. The van der Waals surface area contributed by atoms with E-state index in [1.165, 1.54) is 22.8 Å². The smallest absolute Gasteiger partial charge is 0.369 e. The van der Waals surface area contributed by atoms with Crippen LogP contribution in [0.4, 0.5) is 23.5 Å². The van der Waals surface area contributed by atoms with Crippen LogP contribution in [0.3, 0.4) is 0 Å². The minimum Gasteiger partial charge on any atom is -0.369 e. The fourth-order valence-corrected chi connectivity index (χ4v) is 2.03. The second-order valence-corrected chi connectivity index (χ2v) is 4.55. The van der Waals surface area contributed by atoms with Gasteiger partial charge in [0, 0.05) is 5.56 Å². The number of alkyl halides is 3. The van der Waals surface area contributed by atoms with Crippen molar-refractivity contribution in [3.05, 3.63) is 47.7 Å². The molecule has 22 heavy (non-hydrogen) atoms. The van der Waals surface area contributed by atoms with Gasteiger partial charge < -0.3 is 5.73 Å². The van der Waals surface area contributed by atoms with E-state index in [0.29, 0.717) is 0 Å². The number of halogens is 4. The van der Waals surface area contributed by atoms with Gasteiger partial charge in [-0.05, 0) is 6.07 Å². The quantitative estimate of drug-likeness (QED) is 0.739. The molecule has 0 saturated heterocycles. The van der Waals surface area contributed by atoms with E-state index in [2.05, 4.69) is 15.0 Å². The minimum absolute atomic E-state index is 0.0631. The lowest BCUT2D eigenvalue weighted by Crippen LogP contribution is -2.12. The fraction of sp³-hybridized carbons (Fsp3) is 0.154. The van der Waals surface area contributed by atoms with Gasteiger partial charge in [-0.15, -0.1) is 0 Å². The average Bonchev–Trinajstić information content (AvgIpc) is 2.76. The maximum atomic E-state index is 13.7. The number of imidazole rings is 1. The molecule has 3 aromatic rings. The van der Waals surface area contributed by atoms with Gasteiger partial charge in [0.05, 0.1) is 12.7 Å². The molecular weight excluding hydrogens is 302 g/mol. The molecule has 0 radical (unpaired) electrons. The summed E-state index contributed by atoms with van der Waals surface area (Å²) in [6, 6.07) is 5.88. The fourth-order valence-electron chi connectivity index (χ4n) is 2.03. The summed E-state index contributed by atoms with van der Waals surface area (Å²) >= 11 is 0. The number of nitrogen functional groups attached to an aromatic ring is 1. The molecule has 0 aliphatic carbocycles. The number of hydrogen-bond acceptors (Lipinski definition) is 4. The summed E-state index contributed by atoms with van der Waals surface area (Å²) in [5.41, 5.74) is 5.97. The Labute approximate surface area is 121 Å². The zero-order chi connectivity index (χ0) is 15.9. The molecule has 0 unspecified atom stereocenters. The molecule has 0 amide bonds. The van der Waals surface area contributed by atoms with E-state index in [-0.39, 0.29) is 29.2 Å². The summed E-state index contributed by atoms with van der Waals surface area (Å²) in [7, 11) is 0. The van der Waals surface area contributed by atoms with Crippen molar-refractivity contribution in [2.75, 3.05) is 5.73 Å². The largest absolute Gasteiger partial charge is 0.451 e. The van der Waals surface area contributed by atoms with Gasteiger partial charge in [-0.25, -0.2) is 19.3 Å². The molecule has 0 fully saturated rings. The predicted octanol–water partition coefficient (Wildman–Crippen LogP) is 2.61. The van der Waals surface area contributed by atoms with Gasteiger partial charge in [-0.3, -0.25) is 4.57 Å². The Morgan fingerprint density at radius 2 is 1.86 bits per heavy atom. The first-order chi connectivity index (χ1) is 10.4. The van der Waals surface area contributed by atoms with Crippen molar-refractivity contribution in [3.63, 3.8) is 0 Å². The third-order valence-electron chi connectivity index (χ3n) is 3.06. The lowest BCUT2D eigenvalue weighted by atomic mass is 10.2. The van der Waals surface area contributed by atoms with Crippen LogP contribution in [0.1, 0.15) is 11.4 Å². The van der Waals surface area contributed by atoms with Gasteiger partial charge in [-0.1, -0.05) is 18.2 Å². The van der Waals surface area contributed by atoms with Crippen LogP contribution in [0.25, 0.3) is 11.2 Å². The van der Waals surface area contributed by atoms with Gasteiger partial charge in [0.1, 0.15) is 11.3 Å². The maximum absolute atomic E-state index is 13.7. The molecule has 1 aromatic carbocycles. The van der Waals surface area contributed by atoms with Crippen molar-refractivity contribution in [2.45, 2.75) is 12.7 Å². The third kappa shape index (κ3) is 2.45. The van der Waals surface area contributed by atoms with E-state index in [9.17, 15) is 17.6 Å². The number of fused-ring (bicyclic) bond motifs is 1. The zero-order valence-electron chi connectivity index (χ0n) is 11.0. The predicted molar refractivity (Wildman–Crippen MR) is 70.2 cm³/mol. The highest BCUT2D eigenvalue weighted by atomic mass is 19.4. The Morgan fingerprint density at radius 1 is 1.14 bits per heavy atom. The van der Waals surface area contributed by atoms with E-state index in [1.54, 1.807) is 6.07 Å². The zero-order valence-corrected chi connectivity index (χ0v) is 11.0. The molecule has 5 nitrogen and oxygen atoms in total. The number of rotatable bonds is 2. The van der Waals surface area contributed by atoms with Crippen molar-refractivity contribution in [1.29, 1.82) is 0 Å². The van der Waals surface area contributed by atoms with E-state index in [1.807, 2.05) is 0 Å². The van der Waals surface area contributed by atoms with Crippen LogP contribution in [0.5, 0.6) is 0 Å². The Hall–Kier alpha value is -2.71. The van der Waals surface area contributed by atoms with E-state index >= 15 is 0 Å². The monoisotopic (exact) mass is 311 g/mol. The van der Waals surface area contributed by atoms with Crippen molar-refractivity contribution in [1.82, 2.24) is 19.5 Å². The molecule has 0 aliphatic heterocycles.